The maximum Gasteiger partial charge on any atom is 0.187 e. The number of fused-ring (bicyclic) bond motifs is 7. The first kappa shape index (κ1) is 49.5. The topological polar surface area (TPSA) is 278 Å². The number of ether oxygens (including phenoxy) is 6. The molecule has 0 radical (unpaired) electrons. The third-order valence-electron chi connectivity index (χ3n) is 19.1. The minimum absolute atomic E-state index is 0.0140. The second kappa shape index (κ2) is 17.5. The van der Waals surface area contributed by atoms with E-state index in [0.717, 1.165) is 44.9 Å². The predicted molar refractivity (Wildman–Crippen MR) is 225 cm³/mol. The minimum Gasteiger partial charge on any atom is -0.396 e. The summed E-state index contributed by atoms with van der Waals surface area (Å²) in [4.78, 5) is 0. The number of rotatable bonds is 9. The lowest BCUT2D eigenvalue weighted by molar-refractivity contribution is -0.382. The summed E-state index contributed by atoms with van der Waals surface area (Å²) in [5.41, 5.74) is 0.0856. The molecule has 0 bridgehead atoms. The van der Waals surface area contributed by atoms with E-state index < -0.39 is 122 Å². The summed E-state index contributed by atoms with van der Waals surface area (Å²) in [6.45, 7) is 14.6. The van der Waals surface area contributed by atoms with Crippen LogP contribution in [0.25, 0.3) is 0 Å². The molecule has 3 aliphatic heterocycles. The van der Waals surface area contributed by atoms with E-state index in [0.29, 0.717) is 18.8 Å². The zero-order valence-electron chi connectivity index (χ0n) is 38.6. The van der Waals surface area contributed by atoms with E-state index in [2.05, 4.69) is 54.5 Å². The quantitative estimate of drug-likeness (QED) is 0.109. The standard InChI is InChI=1S/C47H78O17/c1-42(2)14-15-47(21-50)23(16-42)22-8-9-28-44(5)12-11-30(43(3,4)27(44)10-13-45(28,6)46(22,7)17-29(47)51)63-41-38(64-40-37(58)35(56)32(53)25(19-49)61-40)33(54)26(20-59-41)62-39-36(57)34(55)31(52)24(18-48)60-39/h8,23-41,48-58H,9-21H2,1-7H3. The number of aliphatic hydroxyl groups is 11. The zero-order chi connectivity index (χ0) is 46.7. The van der Waals surface area contributed by atoms with Crippen molar-refractivity contribution in [3.63, 3.8) is 0 Å². The molecule has 8 aliphatic rings. The Kier molecular flexibility index (Phi) is 13.5. The van der Waals surface area contributed by atoms with Gasteiger partial charge in [-0.1, -0.05) is 60.1 Å². The molecule has 0 amide bonds. The molecule has 368 valence electrons. The van der Waals surface area contributed by atoms with E-state index in [1.807, 2.05) is 0 Å². The molecular weight excluding hydrogens is 836 g/mol. The molecule has 23 atom stereocenters. The maximum atomic E-state index is 12.1. The Labute approximate surface area is 376 Å². The van der Waals surface area contributed by atoms with Crippen LogP contribution in [-0.2, 0) is 28.4 Å². The van der Waals surface area contributed by atoms with Crippen LogP contribution >= 0.6 is 0 Å². The highest BCUT2D eigenvalue weighted by molar-refractivity contribution is 5.35. The zero-order valence-corrected chi connectivity index (χ0v) is 38.6. The van der Waals surface area contributed by atoms with Crippen LogP contribution in [0.3, 0.4) is 0 Å². The fraction of sp³-hybridized carbons (Fsp3) is 0.957. The van der Waals surface area contributed by atoms with Crippen LogP contribution in [0.2, 0.25) is 0 Å². The van der Waals surface area contributed by atoms with Gasteiger partial charge in [0, 0.05) is 5.41 Å². The number of aliphatic hydroxyl groups excluding tert-OH is 11. The molecule has 17 nitrogen and oxygen atoms in total. The van der Waals surface area contributed by atoms with E-state index in [4.69, 9.17) is 28.4 Å². The highest BCUT2D eigenvalue weighted by Gasteiger charge is 2.70. The van der Waals surface area contributed by atoms with E-state index in [1.54, 1.807) is 0 Å². The Bertz CT molecular complexity index is 1690. The van der Waals surface area contributed by atoms with Gasteiger partial charge in [0.15, 0.2) is 18.9 Å². The van der Waals surface area contributed by atoms with Crippen LogP contribution in [0.5, 0.6) is 0 Å². The molecule has 64 heavy (non-hydrogen) atoms. The lowest BCUT2D eigenvalue weighted by Gasteiger charge is -2.72. The second-order valence-electron chi connectivity index (χ2n) is 23.2. The Balaban J connectivity index is 1.04. The molecule has 23 unspecified atom stereocenters. The summed E-state index contributed by atoms with van der Waals surface area (Å²) >= 11 is 0. The van der Waals surface area contributed by atoms with Gasteiger partial charge in [-0.15, -0.1) is 0 Å². The summed E-state index contributed by atoms with van der Waals surface area (Å²) in [6.07, 6.45) is -13.0. The Morgan fingerprint density at radius 1 is 0.625 bits per heavy atom. The van der Waals surface area contributed by atoms with Crippen molar-refractivity contribution in [1.82, 2.24) is 0 Å². The summed E-state index contributed by atoms with van der Waals surface area (Å²) < 4.78 is 36.5. The summed E-state index contributed by atoms with van der Waals surface area (Å²) in [7, 11) is 0. The smallest absolute Gasteiger partial charge is 0.187 e. The third kappa shape index (κ3) is 7.62. The first-order valence-electron chi connectivity index (χ1n) is 23.8. The van der Waals surface area contributed by atoms with Gasteiger partial charge >= 0.3 is 0 Å². The van der Waals surface area contributed by atoms with Crippen molar-refractivity contribution in [3.05, 3.63) is 11.6 Å². The van der Waals surface area contributed by atoms with Crippen molar-refractivity contribution in [2.75, 3.05) is 26.4 Å². The molecule has 17 heteroatoms. The van der Waals surface area contributed by atoms with Gasteiger partial charge in [-0.2, -0.15) is 0 Å². The van der Waals surface area contributed by atoms with Gasteiger partial charge in [0.25, 0.3) is 0 Å². The Morgan fingerprint density at radius 2 is 1.23 bits per heavy atom. The van der Waals surface area contributed by atoms with Crippen LogP contribution in [-0.4, -0.2) is 181 Å². The highest BCUT2D eigenvalue weighted by atomic mass is 16.8. The molecule has 0 aromatic heterocycles. The molecule has 8 rings (SSSR count). The molecule has 11 N–H and O–H groups in total. The predicted octanol–water partition coefficient (Wildman–Crippen LogP) is 0.224. The van der Waals surface area contributed by atoms with Gasteiger partial charge in [0.1, 0.15) is 67.1 Å². The van der Waals surface area contributed by atoms with E-state index in [9.17, 15) is 56.2 Å². The van der Waals surface area contributed by atoms with Gasteiger partial charge in [-0.3, -0.25) is 0 Å². The fourth-order valence-corrected chi connectivity index (χ4v) is 14.9. The van der Waals surface area contributed by atoms with E-state index >= 15 is 0 Å². The number of hydrogen-bond acceptors (Lipinski definition) is 17. The van der Waals surface area contributed by atoms with Gasteiger partial charge in [0.05, 0.1) is 38.6 Å². The summed E-state index contributed by atoms with van der Waals surface area (Å²) in [6, 6.07) is 0. The molecule has 0 spiro atoms. The molecule has 0 aromatic carbocycles. The Morgan fingerprint density at radius 3 is 1.83 bits per heavy atom. The highest BCUT2D eigenvalue weighted by Crippen LogP contribution is 2.76. The van der Waals surface area contributed by atoms with Gasteiger partial charge in [-0.05, 0) is 103 Å². The van der Waals surface area contributed by atoms with Crippen molar-refractivity contribution < 1.29 is 84.6 Å². The monoisotopic (exact) mass is 915 g/mol. The number of hydrogen-bond donors (Lipinski definition) is 11. The van der Waals surface area contributed by atoms with Gasteiger partial charge in [-0.25, -0.2) is 0 Å². The first-order valence-corrected chi connectivity index (χ1v) is 23.8. The van der Waals surface area contributed by atoms with Crippen LogP contribution in [0.15, 0.2) is 11.6 Å². The van der Waals surface area contributed by atoms with Crippen molar-refractivity contribution in [2.45, 2.75) is 204 Å². The van der Waals surface area contributed by atoms with Crippen molar-refractivity contribution in [2.24, 2.45) is 50.2 Å². The molecule has 4 saturated carbocycles. The lowest BCUT2D eigenvalue weighted by Crippen LogP contribution is -2.67. The van der Waals surface area contributed by atoms with Crippen molar-refractivity contribution in [1.29, 1.82) is 0 Å². The van der Waals surface area contributed by atoms with Crippen LogP contribution in [0.4, 0.5) is 0 Å². The van der Waals surface area contributed by atoms with E-state index in [-0.39, 0.29) is 46.7 Å². The van der Waals surface area contributed by atoms with E-state index in [1.165, 1.54) is 5.57 Å². The van der Waals surface area contributed by atoms with Crippen molar-refractivity contribution >= 4 is 0 Å². The lowest BCUT2D eigenvalue weighted by atomic mass is 9.33. The molecule has 3 saturated heterocycles. The van der Waals surface area contributed by atoms with Crippen LogP contribution in [0.1, 0.15) is 106 Å². The molecule has 0 aromatic rings. The van der Waals surface area contributed by atoms with Gasteiger partial charge in [0.2, 0.25) is 0 Å². The maximum absolute atomic E-state index is 12.1. The summed E-state index contributed by atoms with van der Waals surface area (Å²) in [5.74, 6) is 0.605. The SMILES string of the molecule is CC1(C)CCC2(CO)C(O)CC3(C)C(=CCC4C5(C)CCC(OC6OCC(OC7OC(CO)C(O)C(O)C7O)C(O)C6OC6OC(CO)C(O)C(O)C6O)C(C)(C)C5CCC43C)C2C1. The number of allylic oxidation sites excluding steroid dienone is 2. The molecule has 3 heterocycles. The fourth-order valence-electron chi connectivity index (χ4n) is 14.9. The van der Waals surface area contributed by atoms with Crippen LogP contribution < -0.4 is 0 Å². The third-order valence-corrected chi connectivity index (χ3v) is 19.1. The normalized spacial score (nSPS) is 54.7. The molecule has 5 aliphatic carbocycles. The van der Waals surface area contributed by atoms with Crippen LogP contribution in [0, 0.1) is 50.2 Å². The Hall–Kier alpha value is -0.940. The minimum atomic E-state index is -1.82. The average molecular weight is 915 g/mol. The average Bonchev–Trinajstić information content (AvgIpc) is 3.24. The van der Waals surface area contributed by atoms with Crippen molar-refractivity contribution in [3.8, 4) is 0 Å². The van der Waals surface area contributed by atoms with Gasteiger partial charge < -0.3 is 84.6 Å². The largest absolute Gasteiger partial charge is 0.396 e. The molecule has 7 fully saturated rings. The second-order valence-corrected chi connectivity index (χ2v) is 23.2. The first-order chi connectivity index (χ1) is 29.9. The molecular formula is C47H78O17. The summed E-state index contributed by atoms with van der Waals surface area (Å²) in [5, 5.41) is 118.